The Labute approximate surface area is 176 Å². The number of rotatable bonds is 4. The number of barbiturate groups is 1. The van der Waals surface area contributed by atoms with Crippen molar-refractivity contribution in [2.75, 3.05) is 11.5 Å². The lowest BCUT2D eigenvalue weighted by Gasteiger charge is -2.27. The summed E-state index contributed by atoms with van der Waals surface area (Å²) in [5.74, 6) is -1.39. The number of anilines is 1. The number of hydrogen-bond donors (Lipinski definition) is 2. The van der Waals surface area contributed by atoms with Crippen molar-refractivity contribution in [3.63, 3.8) is 0 Å². The molecule has 2 aromatic carbocycles. The molecular weight excluding hydrogens is 440 g/mol. The lowest BCUT2D eigenvalue weighted by molar-refractivity contribution is -0.122. The molecule has 0 spiro atoms. The summed E-state index contributed by atoms with van der Waals surface area (Å²) in [5.41, 5.74) is 2.39. The van der Waals surface area contributed by atoms with Crippen molar-refractivity contribution in [3.8, 4) is 11.5 Å². The van der Waals surface area contributed by atoms with Crippen LogP contribution in [0.15, 0.2) is 40.4 Å². The lowest BCUT2D eigenvalue weighted by Crippen LogP contribution is -2.54. The summed E-state index contributed by atoms with van der Waals surface area (Å²) in [5, 5.41) is 12.2. The van der Waals surface area contributed by atoms with Crippen LogP contribution in [0.25, 0.3) is 6.08 Å². The molecular formula is C21H19BrN2O5. The Balaban J connectivity index is 2.06. The van der Waals surface area contributed by atoms with Crippen LogP contribution in [0.4, 0.5) is 10.5 Å². The van der Waals surface area contributed by atoms with E-state index in [1.807, 2.05) is 19.9 Å². The minimum Gasteiger partial charge on any atom is -0.503 e. The minimum atomic E-state index is -0.802. The second-order valence-electron chi connectivity index (χ2n) is 6.59. The SMILES string of the molecule is CCOc1cc(/C=C2/C(=O)NC(=O)N(c3cc(C)cc(C)c3)C2=O)cc(Br)c1O. The molecule has 8 heteroatoms. The maximum absolute atomic E-state index is 13.0. The summed E-state index contributed by atoms with van der Waals surface area (Å²) in [6, 6.07) is 7.56. The number of nitrogens with one attached hydrogen (secondary N) is 1. The number of carbonyl (C=O) groups excluding carboxylic acids is 3. The number of hydrogen-bond acceptors (Lipinski definition) is 5. The molecule has 0 unspecified atom stereocenters. The molecule has 7 nitrogen and oxygen atoms in total. The van der Waals surface area contributed by atoms with Crippen molar-refractivity contribution in [1.82, 2.24) is 5.32 Å². The normalized spacial score (nSPS) is 15.7. The Hall–Kier alpha value is -3.13. The maximum Gasteiger partial charge on any atom is 0.335 e. The number of urea groups is 1. The van der Waals surface area contributed by atoms with E-state index in [4.69, 9.17) is 4.74 Å². The molecule has 3 rings (SSSR count). The number of ether oxygens (including phenoxy) is 1. The summed E-state index contributed by atoms with van der Waals surface area (Å²) in [6.45, 7) is 5.81. The van der Waals surface area contributed by atoms with Gasteiger partial charge < -0.3 is 9.84 Å². The van der Waals surface area contributed by atoms with E-state index in [1.165, 1.54) is 12.1 Å². The van der Waals surface area contributed by atoms with Gasteiger partial charge in [-0.25, -0.2) is 9.69 Å². The third-order valence-corrected chi connectivity index (χ3v) is 4.83. The predicted octanol–water partition coefficient (Wildman–Crippen LogP) is 3.84. The van der Waals surface area contributed by atoms with E-state index in [9.17, 15) is 19.5 Å². The van der Waals surface area contributed by atoms with Crippen LogP contribution in [0, 0.1) is 13.8 Å². The zero-order valence-electron chi connectivity index (χ0n) is 16.1. The maximum atomic E-state index is 13.0. The molecule has 0 aromatic heterocycles. The lowest BCUT2D eigenvalue weighted by atomic mass is 10.0. The number of aryl methyl sites for hydroxylation is 2. The van der Waals surface area contributed by atoms with Crippen molar-refractivity contribution in [3.05, 3.63) is 57.1 Å². The second kappa shape index (κ2) is 8.08. The van der Waals surface area contributed by atoms with Gasteiger partial charge in [-0.15, -0.1) is 0 Å². The van der Waals surface area contributed by atoms with Crippen LogP contribution in [0.1, 0.15) is 23.6 Å². The molecule has 1 saturated heterocycles. The van der Waals surface area contributed by atoms with E-state index in [-0.39, 0.29) is 17.1 Å². The molecule has 4 amide bonds. The molecule has 0 aliphatic carbocycles. The van der Waals surface area contributed by atoms with Gasteiger partial charge in [0.05, 0.1) is 16.8 Å². The van der Waals surface area contributed by atoms with Gasteiger partial charge in [-0.1, -0.05) is 6.07 Å². The number of phenols is 1. The first-order chi connectivity index (χ1) is 13.7. The minimum absolute atomic E-state index is 0.0829. The highest BCUT2D eigenvalue weighted by Crippen LogP contribution is 2.36. The number of benzene rings is 2. The van der Waals surface area contributed by atoms with Gasteiger partial charge in [-0.05, 0) is 83.7 Å². The van der Waals surface area contributed by atoms with Crippen LogP contribution >= 0.6 is 15.9 Å². The fraction of sp³-hybridized carbons (Fsp3) is 0.190. The van der Waals surface area contributed by atoms with Gasteiger partial charge in [0.15, 0.2) is 11.5 Å². The Morgan fingerprint density at radius 3 is 2.38 bits per heavy atom. The smallest absolute Gasteiger partial charge is 0.335 e. The average Bonchev–Trinajstić information content (AvgIpc) is 2.62. The fourth-order valence-electron chi connectivity index (χ4n) is 3.08. The summed E-state index contributed by atoms with van der Waals surface area (Å²) in [7, 11) is 0. The second-order valence-corrected chi connectivity index (χ2v) is 7.44. The zero-order chi connectivity index (χ0) is 21.3. The molecule has 2 aromatic rings. The van der Waals surface area contributed by atoms with Crippen LogP contribution in [0.5, 0.6) is 11.5 Å². The van der Waals surface area contributed by atoms with Crippen molar-refractivity contribution in [2.45, 2.75) is 20.8 Å². The Morgan fingerprint density at radius 2 is 1.76 bits per heavy atom. The first kappa shape index (κ1) is 20.6. The average molecular weight is 459 g/mol. The standard InChI is InChI=1S/C21H19BrN2O5/c1-4-29-17-10-13(9-16(22)18(17)25)8-15-19(26)23-21(28)24(20(15)27)14-6-11(2)5-12(3)7-14/h5-10,25H,4H2,1-3H3,(H,23,26,28)/b15-8-. The number of nitrogens with zero attached hydrogens (tertiary/aromatic N) is 1. The number of amides is 4. The quantitative estimate of drug-likeness (QED) is 0.535. The van der Waals surface area contributed by atoms with Crippen LogP contribution < -0.4 is 15.0 Å². The number of imide groups is 2. The fourth-order valence-corrected chi connectivity index (χ4v) is 3.54. The molecule has 2 N–H and O–H groups in total. The highest BCUT2D eigenvalue weighted by Gasteiger charge is 2.37. The van der Waals surface area contributed by atoms with Gasteiger partial charge in [0.1, 0.15) is 5.57 Å². The first-order valence-corrected chi connectivity index (χ1v) is 9.65. The summed E-state index contributed by atoms with van der Waals surface area (Å²) in [6.07, 6.45) is 1.35. The monoisotopic (exact) mass is 458 g/mol. The molecule has 1 heterocycles. The molecule has 0 saturated carbocycles. The molecule has 29 heavy (non-hydrogen) atoms. The van der Waals surface area contributed by atoms with Crippen LogP contribution in [-0.4, -0.2) is 29.6 Å². The Bertz CT molecular complexity index is 1040. The van der Waals surface area contributed by atoms with E-state index in [0.29, 0.717) is 22.3 Å². The predicted molar refractivity (Wildman–Crippen MR) is 112 cm³/mol. The highest BCUT2D eigenvalue weighted by atomic mass is 79.9. The molecule has 0 radical (unpaired) electrons. The van der Waals surface area contributed by atoms with Gasteiger partial charge in [-0.3, -0.25) is 14.9 Å². The molecule has 1 aliphatic heterocycles. The summed E-state index contributed by atoms with van der Waals surface area (Å²) >= 11 is 3.23. The van der Waals surface area contributed by atoms with Gasteiger partial charge in [-0.2, -0.15) is 0 Å². The number of carbonyl (C=O) groups is 3. The van der Waals surface area contributed by atoms with E-state index in [0.717, 1.165) is 16.0 Å². The molecule has 0 atom stereocenters. The van der Waals surface area contributed by atoms with E-state index in [2.05, 4.69) is 21.2 Å². The van der Waals surface area contributed by atoms with Crippen molar-refractivity contribution >= 4 is 45.5 Å². The van der Waals surface area contributed by atoms with E-state index < -0.39 is 17.8 Å². The molecule has 0 bridgehead atoms. The van der Waals surface area contributed by atoms with Crippen molar-refractivity contribution in [2.24, 2.45) is 0 Å². The Morgan fingerprint density at radius 1 is 1.10 bits per heavy atom. The summed E-state index contributed by atoms with van der Waals surface area (Å²) in [4.78, 5) is 38.7. The number of phenolic OH excluding ortho intramolecular Hbond substituents is 1. The van der Waals surface area contributed by atoms with Gasteiger partial charge >= 0.3 is 6.03 Å². The number of aromatic hydroxyl groups is 1. The number of halogens is 1. The zero-order valence-corrected chi connectivity index (χ0v) is 17.7. The molecule has 1 aliphatic rings. The largest absolute Gasteiger partial charge is 0.503 e. The van der Waals surface area contributed by atoms with Gasteiger partial charge in [0.25, 0.3) is 11.8 Å². The van der Waals surface area contributed by atoms with Crippen LogP contribution in [0.3, 0.4) is 0 Å². The topological polar surface area (TPSA) is 95.9 Å². The van der Waals surface area contributed by atoms with Crippen molar-refractivity contribution in [1.29, 1.82) is 0 Å². The van der Waals surface area contributed by atoms with Gasteiger partial charge in [0.2, 0.25) is 0 Å². The molecule has 1 fully saturated rings. The Kier molecular flexibility index (Phi) is 5.74. The molecule has 150 valence electrons. The third kappa shape index (κ3) is 4.17. The summed E-state index contributed by atoms with van der Waals surface area (Å²) < 4.78 is 5.72. The van der Waals surface area contributed by atoms with E-state index >= 15 is 0 Å². The van der Waals surface area contributed by atoms with Crippen molar-refractivity contribution < 1.29 is 24.2 Å². The van der Waals surface area contributed by atoms with E-state index in [1.54, 1.807) is 25.1 Å². The first-order valence-electron chi connectivity index (χ1n) is 8.86. The van der Waals surface area contributed by atoms with Crippen LogP contribution in [-0.2, 0) is 9.59 Å². The van der Waals surface area contributed by atoms with Gasteiger partial charge in [0, 0.05) is 0 Å². The van der Waals surface area contributed by atoms with Crippen LogP contribution in [0.2, 0.25) is 0 Å². The third-order valence-electron chi connectivity index (χ3n) is 4.23. The highest BCUT2D eigenvalue weighted by molar-refractivity contribution is 9.10.